The van der Waals surface area contributed by atoms with E-state index in [4.69, 9.17) is 9.47 Å². The molecule has 0 radical (unpaired) electrons. The second-order valence-electron chi connectivity index (χ2n) is 5.56. The monoisotopic (exact) mass is 263 g/mol. The topological polar surface area (TPSA) is 47.6 Å². The first-order valence-corrected chi connectivity index (χ1v) is 6.50. The van der Waals surface area contributed by atoms with E-state index in [9.17, 15) is 4.79 Å². The summed E-state index contributed by atoms with van der Waals surface area (Å²) in [4.78, 5) is 11.9. The number of benzene rings is 1. The van der Waals surface area contributed by atoms with Gasteiger partial charge in [-0.3, -0.25) is 4.79 Å². The summed E-state index contributed by atoms with van der Waals surface area (Å²) >= 11 is 0. The van der Waals surface area contributed by atoms with Crippen LogP contribution in [0.3, 0.4) is 0 Å². The van der Waals surface area contributed by atoms with Crippen LogP contribution in [0.15, 0.2) is 18.2 Å². The van der Waals surface area contributed by atoms with E-state index in [0.717, 1.165) is 30.1 Å². The molecule has 19 heavy (non-hydrogen) atoms. The Morgan fingerprint density at radius 3 is 2.79 bits per heavy atom. The fourth-order valence-corrected chi connectivity index (χ4v) is 2.09. The molecule has 1 N–H and O–H groups in total. The lowest BCUT2D eigenvalue weighted by Gasteiger charge is -2.38. The van der Waals surface area contributed by atoms with E-state index in [0.29, 0.717) is 13.0 Å². The van der Waals surface area contributed by atoms with Crippen LogP contribution in [0.2, 0.25) is 0 Å². The molecule has 2 rings (SSSR count). The zero-order valence-corrected chi connectivity index (χ0v) is 11.8. The molecule has 0 aliphatic carbocycles. The minimum Gasteiger partial charge on any atom is -0.496 e. The highest BCUT2D eigenvalue weighted by atomic mass is 16.5. The quantitative estimate of drug-likeness (QED) is 0.879. The number of rotatable bonds is 5. The second-order valence-corrected chi connectivity index (χ2v) is 5.56. The molecule has 4 nitrogen and oxygen atoms in total. The van der Waals surface area contributed by atoms with Crippen molar-refractivity contribution < 1.29 is 14.3 Å². The van der Waals surface area contributed by atoms with Crippen LogP contribution >= 0.6 is 0 Å². The molecule has 1 fully saturated rings. The van der Waals surface area contributed by atoms with Gasteiger partial charge in [0.15, 0.2) is 0 Å². The summed E-state index contributed by atoms with van der Waals surface area (Å²) in [7, 11) is 1.64. The number of aryl methyl sites for hydroxylation is 1. The molecule has 0 spiro atoms. The molecule has 1 saturated heterocycles. The Balaban J connectivity index is 1.88. The molecule has 0 bridgehead atoms. The van der Waals surface area contributed by atoms with E-state index in [-0.39, 0.29) is 11.3 Å². The summed E-state index contributed by atoms with van der Waals surface area (Å²) in [6, 6.07) is 5.86. The van der Waals surface area contributed by atoms with Crippen molar-refractivity contribution in [3.8, 4) is 5.75 Å². The number of nitrogens with one attached hydrogen (secondary N) is 1. The van der Waals surface area contributed by atoms with E-state index < -0.39 is 0 Å². The number of hydrogen-bond acceptors (Lipinski definition) is 3. The van der Waals surface area contributed by atoms with Crippen molar-refractivity contribution in [2.75, 3.05) is 26.9 Å². The third kappa shape index (κ3) is 3.47. The number of amides is 1. The van der Waals surface area contributed by atoms with Gasteiger partial charge in [-0.25, -0.2) is 0 Å². The zero-order chi connectivity index (χ0) is 13.9. The van der Waals surface area contributed by atoms with E-state index in [1.807, 2.05) is 25.1 Å². The molecule has 4 heteroatoms. The minimum absolute atomic E-state index is 0.0408. The van der Waals surface area contributed by atoms with Crippen LogP contribution in [-0.4, -0.2) is 32.8 Å². The molecule has 1 amide bonds. The van der Waals surface area contributed by atoms with Crippen molar-refractivity contribution in [1.29, 1.82) is 0 Å². The highest BCUT2D eigenvalue weighted by Gasteiger charge is 2.33. The van der Waals surface area contributed by atoms with Gasteiger partial charge in [0.2, 0.25) is 5.91 Å². The average Bonchev–Trinajstić information content (AvgIpc) is 2.36. The van der Waals surface area contributed by atoms with Crippen molar-refractivity contribution in [2.24, 2.45) is 5.41 Å². The van der Waals surface area contributed by atoms with E-state index >= 15 is 0 Å². The summed E-state index contributed by atoms with van der Waals surface area (Å²) in [6.07, 6.45) is 0.383. The Kier molecular flexibility index (Phi) is 4.10. The van der Waals surface area contributed by atoms with Crippen molar-refractivity contribution in [2.45, 2.75) is 20.3 Å². The third-order valence-electron chi connectivity index (χ3n) is 3.45. The SMILES string of the molecule is COc1cc(CC(=O)NCC2(C)COC2)ccc1C. The number of ether oxygens (including phenoxy) is 2. The fraction of sp³-hybridized carbons (Fsp3) is 0.533. The Bertz CT molecular complexity index is 466. The lowest BCUT2D eigenvalue weighted by molar-refractivity contribution is -0.126. The Hall–Kier alpha value is -1.55. The molecule has 0 aromatic heterocycles. The molecular weight excluding hydrogens is 242 g/mol. The van der Waals surface area contributed by atoms with Crippen LogP contribution in [0.1, 0.15) is 18.1 Å². The summed E-state index contributed by atoms with van der Waals surface area (Å²) < 4.78 is 10.4. The fourth-order valence-electron chi connectivity index (χ4n) is 2.09. The van der Waals surface area contributed by atoms with Crippen LogP contribution in [0.5, 0.6) is 5.75 Å². The van der Waals surface area contributed by atoms with Crippen molar-refractivity contribution >= 4 is 5.91 Å². The van der Waals surface area contributed by atoms with Gasteiger partial charge in [-0.05, 0) is 24.1 Å². The number of methoxy groups -OCH3 is 1. The lowest BCUT2D eigenvalue weighted by Crippen LogP contribution is -2.48. The van der Waals surface area contributed by atoms with Gasteiger partial charge in [-0.1, -0.05) is 19.1 Å². The first kappa shape index (κ1) is 13.9. The molecule has 0 unspecified atom stereocenters. The number of carbonyl (C=O) groups excluding carboxylic acids is 1. The van der Waals surface area contributed by atoms with Crippen molar-refractivity contribution in [1.82, 2.24) is 5.32 Å². The highest BCUT2D eigenvalue weighted by Crippen LogP contribution is 2.25. The van der Waals surface area contributed by atoms with Gasteiger partial charge in [-0.2, -0.15) is 0 Å². The van der Waals surface area contributed by atoms with E-state index in [1.165, 1.54) is 0 Å². The molecule has 1 aliphatic rings. The smallest absolute Gasteiger partial charge is 0.224 e. The Morgan fingerprint density at radius 2 is 2.21 bits per heavy atom. The maximum atomic E-state index is 11.9. The Labute approximate surface area is 114 Å². The predicted octanol–water partition coefficient (Wildman–Crippen LogP) is 1.70. The highest BCUT2D eigenvalue weighted by molar-refractivity contribution is 5.78. The van der Waals surface area contributed by atoms with Gasteiger partial charge in [0.1, 0.15) is 5.75 Å². The van der Waals surface area contributed by atoms with Gasteiger partial charge in [0.25, 0.3) is 0 Å². The van der Waals surface area contributed by atoms with Gasteiger partial charge >= 0.3 is 0 Å². The largest absolute Gasteiger partial charge is 0.496 e. The Morgan fingerprint density at radius 1 is 1.47 bits per heavy atom. The molecular formula is C15H21NO3. The molecule has 1 aliphatic heterocycles. The summed E-state index contributed by atoms with van der Waals surface area (Å²) in [5.74, 6) is 0.865. The summed E-state index contributed by atoms with van der Waals surface area (Å²) in [5.41, 5.74) is 2.15. The van der Waals surface area contributed by atoms with Crippen LogP contribution < -0.4 is 10.1 Å². The van der Waals surface area contributed by atoms with Gasteiger partial charge in [-0.15, -0.1) is 0 Å². The van der Waals surface area contributed by atoms with Gasteiger partial charge in [0, 0.05) is 12.0 Å². The molecule has 0 saturated carbocycles. The molecule has 0 atom stereocenters. The maximum Gasteiger partial charge on any atom is 0.224 e. The summed E-state index contributed by atoms with van der Waals surface area (Å²) in [6.45, 7) is 6.23. The zero-order valence-electron chi connectivity index (χ0n) is 11.8. The van der Waals surface area contributed by atoms with Gasteiger partial charge < -0.3 is 14.8 Å². The molecule has 1 aromatic rings. The second kappa shape index (κ2) is 5.61. The van der Waals surface area contributed by atoms with Gasteiger partial charge in [0.05, 0.1) is 26.7 Å². The van der Waals surface area contributed by atoms with Crippen molar-refractivity contribution in [3.63, 3.8) is 0 Å². The first-order valence-electron chi connectivity index (χ1n) is 6.50. The van der Waals surface area contributed by atoms with Crippen molar-refractivity contribution in [3.05, 3.63) is 29.3 Å². The van der Waals surface area contributed by atoms with Crippen LogP contribution in [0.25, 0.3) is 0 Å². The summed E-state index contributed by atoms with van der Waals surface area (Å²) in [5, 5.41) is 2.97. The molecule has 1 heterocycles. The molecule has 104 valence electrons. The lowest BCUT2D eigenvalue weighted by atomic mass is 9.89. The maximum absolute atomic E-state index is 11.9. The average molecular weight is 263 g/mol. The number of hydrogen-bond donors (Lipinski definition) is 1. The minimum atomic E-state index is 0.0408. The van der Waals surface area contributed by atoms with E-state index in [2.05, 4.69) is 12.2 Å². The third-order valence-corrected chi connectivity index (χ3v) is 3.45. The van der Waals surface area contributed by atoms with E-state index in [1.54, 1.807) is 7.11 Å². The van der Waals surface area contributed by atoms with Crippen LogP contribution in [0.4, 0.5) is 0 Å². The normalized spacial score (nSPS) is 16.6. The standard InChI is InChI=1S/C15H21NO3/c1-11-4-5-12(6-13(11)18-3)7-14(17)16-8-15(2)9-19-10-15/h4-6H,7-10H2,1-3H3,(H,16,17). The van der Waals surface area contributed by atoms with Crippen LogP contribution in [-0.2, 0) is 16.0 Å². The number of carbonyl (C=O) groups is 1. The first-order chi connectivity index (χ1) is 9.02. The predicted molar refractivity (Wildman–Crippen MR) is 73.4 cm³/mol. The molecule has 1 aromatic carbocycles. The van der Waals surface area contributed by atoms with Crippen LogP contribution in [0, 0.1) is 12.3 Å².